The van der Waals surface area contributed by atoms with E-state index in [4.69, 9.17) is 9.73 Å². The van der Waals surface area contributed by atoms with Crippen LogP contribution in [0.3, 0.4) is 0 Å². The summed E-state index contributed by atoms with van der Waals surface area (Å²) in [5.74, 6) is 3.58. The molecular formula is C22H28N6OS. The Morgan fingerprint density at radius 2 is 2.10 bits per heavy atom. The second kappa shape index (κ2) is 9.75. The van der Waals surface area contributed by atoms with Gasteiger partial charge in [-0.25, -0.2) is 4.99 Å². The van der Waals surface area contributed by atoms with E-state index in [-0.39, 0.29) is 6.10 Å². The average molecular weight is 425 g/mol. The standard InChI is InChI=1S/C22H28N6OS/c1-16(2)29-18-9-7-17(8-10-18)25-22(23-12-11-19-5-4-14-30-19)24-15-21-27-26-20-6-3-13-28(20)21/h4-5,7-10,14,16H,3,6,11-13,15H2,1-2H3,(H2,23,24,25). The van der Waals surface area contributed by atoms with Crippen molar-refractivity contribution in [3.8, 4) is 5.75 Å². The molecule has 30 heavy (non-hydrogen) atoms. The minimum Gasteiger partial charge on any atom is -0.491 e. The first kappa shape index (κ1) is 20.4. The van der Waals surface area contributed by atoms with Gasteiger partial charge in [-0.15, -0.1) is 21.5 Å². The highest BCUT2D eigenvalue weighted by Gasteiger charge is 2.16. The number of benzene rings is 1. The number of fused-ring (bicyclic) bond motifs is 1. The van der Waals surface area contributed by atoms with Gasteiger partial charge in [0.1, 0.15) is 18.1 Å². The number of rotatable bonds is 8. The summed E-state index contributed by atoms with van der Waals surface area (Å²) in [5.41, 5.74) is 0.958. The molecule has 1 aliphatic heterocycles. The number of aromatic nitrogens is 3. The van der Waals surface area contributed by atoms with E-state index in [0.717, 1.165) is 61.4 Å². The number of aryl methyl sites for hydroxylation is 1. The third-order valence-electron chi connectivity index (χ3n) is 4.80. The molecule has 2 aromatic heterocycles. The fourth-order valence-corrected chi connectivity index (χ4v) is 4.11. The predicted molar refractivity (Wildman–Crippen MR) is 121 cm³/mol. The van der Waals surface area contributed by atoms with Crippen LogP contribution in [0.4, 0.5) is 5.69 Å². The molecule has 0 radical (unpaired) electrons. The average Bonchev–Trinajstić information content (AvgIpc) is 3.46. The number of guanidine groups is 1. The van der Waals surface area contributed by atoms with Gasteiger partial charge in [-0.05, 0) is 62.4 Å². The number of hydrogen-bond acceptors (Lipinski definition) is 5. The second-order valence-electron chi connectivity index (χ2n) is 7.52. The van der Waals surface area contributed by atoms with Gasteiger partial charge in [0, 0.05) is 30.1 Å². The van der Waals surface area contributed by atoms with Crippen LogP contribution in [0.15, 0.2) is 46.8 Å². The van der Waals surface area contributed by atoms with Crippen molar-refractivity contribution in [1.29, 1.82) is 0 Å². The molecule has 0 saturated heterocycles. The summed E-state index contributed by atoms with van der Waals surface area (Å²) in [5, 5.41) is 17.5. The van der Waals surface area contributed by atoms with Crippen molar-refractivity contribution < 1.29 is 4.74 Å². The molecule has 8 heteroatoms. The van der Waals surface area contributed by atoms with Gasteiger partial charge in [0.25, 0.3) is 0 Å². The molecule has 1 aliphatic rings. The van der Waals surface area contributed by atoms with Crippen molar-refractivity contribution in [2.45, 2.75) is 52.3 Å². The molecular weight excluding hydrogens is 396 g/mol. The maximum Gasteiger partial charge on any atom is 0.196 e. The molecule has 0 atom stereocenters. The minimum atomic E-state index is 0.157. The Kier molecular flexibility index (Phi) is 6.63. The number of anilines is 1. The molecule has 158 valence electrons. The molecule has 3 heterocycles. The molecule has 0 fully saturated rings. The van der Waals surface area contributed by atoms with Crippen LogP contribution in [0.5, 0.6) is 5.75 Å². The summed E-state index contributed by atoms with van der Waals surface area (Å²) in [7, 11) is 0. The molecule has 1 aromatic carbocycles. The van der Waals surface area contributed by atoms with Gasteiger partial charge in [-0.1, -0.05) is 6.07 Å². The van der Waals surface area contributed by atoms with Gasteiger partial charge in [0.2, 0.25) is 0 Å². The van der Waals surface area contributed by atoms with Crippen molar-refractivity contribution in [2.24, 2.45) is 4.99 Å². The van der Waals surface area contributed by atoms with Crippen LogP contribution in [-0.4, -0.2) is 33.4 Å². The van der Waals surface area contributed by atoms with Gasteiger partial charge in [-0.3, -0.25) is 0 Å². The Labute approximate surface area is 181 Å². The van der Waals surface area contributed by atoms with E-state index in [9.17, 15) is 0 Å². The van der Waals surface area contributed by atoms with Crippen molar-refractivity contribution in [3.63, 3.8) is 0 Å². The summed E-state index contributed by atoms with van der Waals surface area (Å²) in [6.45, 7) is 6.33. The lowest BCUT2D eigenvalue weighted by atomic mass is 10.3. The Balaban J connectivity index is 1.43. The molecule has 4 rings (SSSR count). The van der Waals surface area contributed by atoms with E-state index in [0.29, 0.717) is 6.54 Å². The van der Waals surface area contributed by atoms with Crippen LogP contribution in [0.2, 0.25) is 0 Å². The lowest BCUT2D eigenvalue weighted by molar-refractivity contribution is 0.242. The molecule has 3 aromatic rings. The quantitative estimate of drug-likeness (QED) is 0.424. The Morgan fingerprint density at radius 1 is 1.23 bits per heavy atom. The summed E-state index contributed by atoms with van der Waals surface area (Å²) in [4.78, 5) is 6.13. The third kappa shape index (κ3) is 5.38. The number of nitrogens with zero attached hydrogens (tertiary/aromatic N) is 4. The van der Waals surface area contributed by atoms with Crippen LogP contribution in [-0.2, 0) is 25.9 Å². The maximum atomic E-state index is 5.73. The highest BCUT2D eigenvalue weighted by Crippen LogP contribution is 2.18. The van der Waals surface area contributed by atoms with Crippen LogP contribution < -0.4 is 15.4 Å². The third-order valence-corrected chi connectivity index (χ3v) is 5.73. The SMILES string of the molecule is CC(C)Oc1ccc(NC(=NCc2nnc3n2CCC3)NCCc2cccs2)cc1. The zero-order chi connectivity index (χ0) is 20.8. The van der Waals surface area contributed by atoms with Crippen molar-refractivity contribution in [2.75, 3.05) is 11.9 Å². The topological polar surface area (TPSA) is 76.4 Å². The molecule has 7 nitrogen and oxygen atoms in total. The molecule has 0 saturated carbocycles. The van der Waals surface area contributed by atoms with E-state index >= 15 is 0 Å². The van der Waals surface area contributed by atoms with Crippen LogP contribution in [0, 0.1) is 0 Å². The Hall–Kier alpha value is -2.87. The summed E-state index contributed by atoms with van der Waals surface area (Å²) < 4.78 is 7.91. The van der Waals surface area contributed by atoms with Crippen LogP contribution in [0.25, 0.3) is 0 Å². The van der Waals surface area contributed by atoms with Gasteiger partial charge in [0.15, 0.2) is 11.8 Å². The smallest absolute Gasteiger partial charge is 0.196 e. The Bertz CT molecular complexity index is 962. The van der Waals surface area contributed by atoms with Crippen LogP contribution >= 0.6 is 11.3 Å². The fraction of sp³-hybridized carbons (Fsp3) is 0.409. The van der Waals surface area contributed by atoms with E-state index < -0.39 is 0 Å². The van der Waals surface area contributed by atoms with Crippen molar-refractivity contribution >= 4 is 23.0 Å². The Morgan fingerprint density at radius 3 is 2.87 bits per heavy atom. The molecule has 0 amide bonds. The summed E-state index contributed by atoms with van der Waals surface area (Å²) in [6.07, 6.45) is 3.26. The summed E-state index contributed by atoms with van der Waals surface area (Å²) in [6, 6.07) is 12.2. The number of aliphatic imine (C=N–C) groups is 1. The van der Waals surface area contributed by atoms with Gasteiger partial charge in [-0.2, -0.15) is 0 Å². The van der Waals surface area contributed by atoms with Crippen molar-refractivity contribution in [3.05, 3.63) is 58.3 Å². The maximum absolute atomic E-state index is 5.73. The minimum absolute atomic E-state index is 0.157. The molecule has 0 aliphatic carbocycles. The van der Waals surface area contributed by atoms with Crippen molar-refractivity contribution in [1.82, 2.24) is 20.1 Å². The molecule has 0 unspecified atom stereocenters. The monoisotopic (exact) mass is 424 g/mol. The fourth-order valence-electron chi connectivity index (χ4n) is 3.40. The summed E-state index contributed by atoms with van der Waals surface area (Å²) >= 11 is 1.77. The van der Waals surface area contributed by atoms with E-state index in [1.54, 1.807) is 11.3 Å². The highest BCUT2D eigenvalue weighted by molar-refractivity contribution is 7.09. The first-order chi connectivity index (χ1) is 14.7. The second-order valence-corrected chi connectivity index (χ2v) is 8.56. The number of nitrogens with one attached hydrogen (secondary N) is 2. The predicted octanol–water partition coefficient (Wildman–Crippen LogP) is 3.87. The molecule has 2 N–H and O–H groups in total. The van der Waals surface area contributed by atoms with Gasteiger partial charge >= 0.3 is 0 Å². The zero-order valence-corrected chi connectivity index (χ0v) is 18.3. The largest absolute Gasteiger partial charge is 0.491 e. The number of ether oxygens (including phenoxy) is 1. The van der Waals surface area contributed by atoms with Crippen LogP contribution in [0.1, 0.15) is 36.8 Å². The number of hydrogen-bond donors (Lipinski definition) is 2. The lowest BCUT2D eigenvalue weighted by Gasteiger charge is -2.14. The van der Waals surface area contributed by atoms with Gasteiger partial charge < -0.3 is 19.9 Å². The zero-order valence-electron chi connectivity index (χ0n) is 17.5. The molecule has 0 spiro atoms. The first-order valence-corrected chi connectivity index (χ1v) is 11.3. The molecule has 0 bridgehead atoms. The van der Waals surface area contributed by atoms with E-state index in [1.807, 2.05) is 38.1 Å². The van der Waals surface area contributed by atoms with Gasteiger partial charge in [0.05, 0.1) is 6.10 Å². The first-order valence-electron chi connectivity index (χ1n) is 10.4. The van der Waals surface area contributed by atoms with E-state index in [1.165, 1.54) is 4.88 Å². The lowest BCUT2D eigenvalue weighted by Crippen LogP contribution is -2.32. The normalized spacial score (nSPS) is 13.5. The number of thiophene rings is 1. The highest BCUT2D eigenvalue weighted by atomic mass is 32.1. The van der Waals surface area contributed by atoms with E-state index in [2.05, 4.69) is 42.9 Å².